The molecule has 0 radical (unpaired) electrons. The summed E-state index contributed by atoms with van der Waals surface area (Å²) in [6, 6.07) is 6.96. The minimum atomic E-state index is -0.0524. The molecule has 0 unspecified atom stereocenters. The lowest BCUT2D eigenvalue weighted by Crippen LogP contribution is -2.12. The van der Waals surface area contributed by atoms with Gasteiger partial charge in [-0.25, -0.2) is 15.8 Å². The number of hydrogen-bond acceptors (Lipinski definition) is 7. The topological polar surface area (TPSA) is 103 Å². The maximum absolute atomic E-state index is 9.11. The van der Waals surface area contributed by atoms with Gasteiger partial charge in [0.2, 0.25) is 0 Å². The summed E-state index contributed by atoms with van der Waals surface area (Å²) in [5, 5.41) is 9.11. The first-order valence-corrected chi connectivity index (χ1v) is 6.38. The van der Waals surface area contributed by atoms with Crippen molar-refractivity contribution < 1.29 is 14.6 Å². The first-order valence-electron chi connectivity index (χ1n) is 6.38. The number of nitrogens with two attached hydrogens (primary N) is 1. The average Bonchev–Trinajstić information content (AvgIpc) is 2.52. The fraction of sp³-hybridized carbons (Fsp3) is 0.286. The lowest BCUT2D eigenvalue weighted by atomic mass is 10.2. The van der Waals surface area contributed by atoms with E-state index in [-0.39, 0.29) is 13.2 Å². The van der Waals surface area contributed by atoms with Gasteiger partial charge in [0, 0.05) is 11.8 Å². The van der Waals surface area contributed by atoms with E-state index in [9.17, 15) is 0 Å². The fourth-order valence-electron chi connectivity index (χ4n) is 1.84. The third-order valence-corrected chi connectivity index (χ3v) is 2.82. The fourth-order valence-corrected chi connectivity index (χ4v) is 1.84. The molecule has 1 aromatic heterocycles. The molecule has 2 rings (SSSR count). The lowest BCUT2D eigenvalue weighted by Gasteiger charge is -2.12. The summed E-state index contributed by atoms with van der Waals surface area (Å²) in [7, 11) is 1.54. The molecule has 0 bridgehead atoms. The van der Waals surface area contributed by atoms with Crippen molar-refractivity contribution in [2.45, 2.75) is 20.1 Å². The van der Waals surface area contributed by atoms with E-state index in [4.69, 9.17) is 20.4 Å². The third kappa shape index (κ3) is 3.80. The van der Waals surface area contributed by atoms with Crippen LogP contribution in [0.15, 0.2) is 24.3 Å². The van der Waals surface area contributed by atoms with Crippen molar-refractivity contribution in [3.63, 3.8) is 0 Å². The van der Waals surface area contributed by atoms with Crippen molar-refractivity contribution in [1.29, 1.82) is 0 Å². The van der Waals surface area contributed by atoms with Crippen LogP contribution in [-0.2, 0) is 13.2 Å². The molecule has 0 amide bonds. The van der Waals surface area contributed by atoms with Gasteiger partial charge >= 0.3 is 0 Å². The second-order valence-corrected chi connectivity index (χ2v) is 4.39. The number of aliphatic hydroxyl groups excluding tert-OH is 1. The predicted octanol–water partition coefficient (Wildman–Crippen LogP) is 1.15. The Bertz CT molecular complexity index is 619. The Morgan fingerprint density at radius 2 is 2.05 bits per heavy atom. The van der Waals surface area contributed by atoms with Gasteiger partial charge in [-0.1, -0.05) is 6.07 Å². The van der Waals surface area contributed by atoms with Crippen LogP contribution in [-0.4, -0.2) is 22.2 Å². The number of hydrogen-bond donors (Lipinski definition) is 3. The van der Waals surface area contributed by atoms with Gasteiger partial charge in [-0.15, -0.1) is 0 Å². The highest BCUT2D eigenvalue weighted by Gasteiger charge is 2.08. The number of anilines is 1. The summed E-state index contributed by atoms with van der Waals surface area (Å²) in [6.45, 7) is 1.98. The summed E-state index contributed by atoms with van der Waals surface area (Å²) < 4.78 is 10.9. The molecule has 2 aromatic rings. The standard InChI is InChI=1S/C14H18N4O3/c1-9-5-13(18-15)17-14(16-9)8-21-11-4-3-10(7-19)6-12(11)20-2/h3-6,19H,7-8,15H2,1-2H3,(H,16,17,18). The maximum atomic E-state index is 9.11. The van der Waals surface area contributed by atoms with Crippen molar-refractivity contribution in [2.75, 3.05) is 12.5 Å². The zero-order valence-electron chi connectivity index (χ0n) is 12.0. The van der Waals surface area contributed by atoms with Gasteiger partial charge < -0.3 is 20.0 Å². The molecule has 112 valence electrons. The van der Waals surface area contributed by atoms with Crippen LogP contribution in [0, 0.1) is 6.92 Å². The van der Waals surface area contributed by atoms with E-state index in [0.29, 0.717) is 23.1 Å². The van der Waals surface area contributed by atoms with Crippen molar-refractivity contribution in [3.8, 4) is 11.5 Å². The van der Waals surface area contributed by atoms with Crippen LogP contribution >= 0.6 is 0 Å². The number of nitrogen functional groups attached to an aromatic ring is 1. The monoisotopic (exact) mass is 290 g/mol. The second-order valence-electron chi connectivity index (χ2n) is 4.39. The molecule has 0 aliphatic carbocycles. The first-order chi connectivity index (χ1) is 10.2. The summed E-state index contributed by atoms with van der Waals surface area (Å²) in [4.78, 5) is 8.48. The first kappa shape index (κ1) is 15.0. The van der Waals surface area contributed by atoms with E-state index < -0.39 is 0 Å². The number of hydrazine groups is 1. The molecule has 4 N–H and O–H groups in total. The van der Waals surface area contributed by atoms with E-state index >= 15 is 0 Å². The normalized spacial score (nSPS) is 10.3. The second kappa shape index (κ2) is 6.87. The van der Waals surface area contributed by atoms with Gasteiger partial charge in [-0.3, -0.25) is 0 Å². The van der Waals surface area contributed by atoms with E-state index in [2.05, 4.69) is 15.4 Å². The Labute approximate surface area is 122 Å². The number of nitrogens with zero attached hydrogens (tertiary/aromatic N) is 2. The van der Waals surface area contributed by atoms with Crippen LogP contribution in [0.2, 0.25) is 0 Å². The zero-order chi connectivity index (χ0) is 15.2. The Hall–Kier alpha value is -2.38. The molecular weight excluding hydrogens is 272 g/mol. The molecule has 21 heavy (non-hydrogen) atoms. The van der Waals surface area contributed by atoms with Gasteiger partial charge in [0.05, 0.1) is 13.7 Å². The average molecular weight is 290 g/mol. The molecule has 0 fully saturated rings. The van der Waals surface area contributed by atoms with Crippen LogP contribution in [0.5, 0.6) is 11.5 Å². The number of ether oxygens (including phenoxy) is 2. The molecule has 1 heterocycles. The van der Waals surface area contributed by atoms with Crippen LogP contribution < -0.4 is 20.7 Å². The van der Waals surface area contributed by atoms with E-state index in [1.807, 2.05) is 6.92 Å². The molecule has 0 saturated heterocycles. The largest absolute Gasteiger partial charge is 0.493 e. The predicted molar refractivity (Wildman–Crippen MR) is 77.8 cm³/mol. The van der Waals surface area contributed by atoms with E-state index in [0.717, 1.165) is 11.3 Å². The Morgan fingerprint density at radius 3 is 2.71 bits per heavy atom. The third-order valence-electron chi connectivity index (χ3n) is 2.82. The van der Waals surface area contributed by atoms with Crippen LogP contribution in [0.3, 0.4) is 0 Å². The van der Waals surface area contributed by atoms with Gasteiger partial charge in [-0.05, 0) is 24.6 Å². The van der Waals surface area contributed by atoms with E-state index in [1.54, 1.807) is 31.4 Å². The van der Waals surface area contributed by atoms with Crippen molar-refractivity contribution in [3.05, 3.63) is 41.3 Å². The number of nitrogens with one attached hydrogen (secondary N) is 1. The van der Waals surface area contributed by atoms with Crippen molar-refractivity contribution in [1.82, 2.24) is 9.97 Å². The minimum absolute atomic E-state index is 0.0524. The molecule has 0 saturated carbocycles. The molecular formula is C14H18N4O3. The molecule has 0 aliphatic rings. The number of benzene rings is 1. The highest BCUT2D eigenvalue weighted by molar-refractivity contribution is 5.43. The summed E-state index contributed by atoms with van der Waals surface area (Å²) in [5.41, 5.74) is 4.03. The molecule has 7 heteroatoms. The highest BCUT2D eigenvalue weighted by Crippen LogP contribution is 2.28. The van der Waals surface area contributed by atoms with Crippen molar-refractivity contribution in [2.24, 2.45) is 5.84 Å². The summed E-state index contributed by atoms with van der Waals surface area (Å²) in [6.07, 6.45) is 0. The lowest BCUT2D eigenvalue weighted by molar-refractivity contribution is 0.270. The Balaban J connectivity index is 2.14. The van der Waals surface area contributed by atoms with Crippen molar-refractivity contribution >= 4 is 5.82 Å². The zero-order valence-corrected chi connectivity index (χ0v) is 12.0. The number of aliphatic hydroxyl groups is 1. The van der Waals surface area contributed by atoms with Crippen LogP contribution in [0.4, 0.5) is 5.82 Å². The van der Waals surface area contributed by atoms with Gasteiger partial charge in [0.25, 0.3) is 0 Å². The Morgan fingerprint density at radius 1 is 1.24 bits per heavy atom. The van der Waals surface area contributed by atoms with Crippen LogP contribution in [0.1, 0.15) is 17.1 Å². The van der Waals surface area contributed by atoms with Gasteiger partial charge in [-0.2, -0.15) is 0 Å². The summed E-state index contributed by atoms with van der Waals surface area (Å²) >= 11 is 0. The molecule has 7 nitrogen and oxygen atoms in total. The SMILES string of the molecule is COc1cc(CO)ccc1OCc1nc(C)cc(NN)n1. The number of aryl methyl sites for hydroxylation is 1. The maximum Gasteiger partial charge on any atom is 0.168 e. The Kier molecular flexibility index (Phi) is 4.91. The number of methoxy groups -OCH3 is 1. The van der Waals surface area contributed by atoms with Crippen LogP contribution in [0.25, 0.3) is 0 Å². The van der Waals surface area contributed by atoms with Gasteiger partial charge in [0.1, 0.15) is 12.4 Å². The quantitative estimate of drug-likeness (QED) is 0.541. The van der Waals surface area contributed by atoms with E-state index in [1.165, 1.54) is 0 Å². The molecule has 0 aliphatic heterocycles. The van der Waals surface area contributed by atoms with Gasteiger partial charge in [0.15, 0.2) is 17.3 Å². The number of rotatable bonds is 6. The summed E-state index contributed by atoms with van der Waals surface area (Å²) in [5.74, 6) is 7.49. The molecule has 0 spiro atoms. The smallest absolute Gasteiger partial charge is 0.168 e. The number of aromatic nitrogens is 2. The molecule has 1 aromatic carbocycles. The molecule has 0 atom stereocenters. The highest BCUT2D eigenvalue weighted by atomic mass is 16.5. The minimum Gasteiger partial charge on any atom is -0.493 e.